The van der Waals surface area contributed by atoms with Crippen molar-refractivity contribution in [3.8, 4) is 0 Å². The number of sulfonamides is 1. The molecule has 0 radical (unpaired) electrons. The zero-order valence-corrected chi connectivity index (χ0v) is 33.3. The summed E-state index contributed by atoms with van der Waals surface area (Å²) in [5.74, 6) is -6.75. The fourth-order valence-electron chi connectivity index (χ4n) is 5.47. The Balaban J connectivity index is 3.79. The Hall–Kier alpha value is -3.64. The van der Waals surface area contributed by atoms with Gasteiger partial charge in [0.15, 0.2) is 5.78 Å². The summed E-state index contributed by atoms with van der Waals surface area (Å²) in [6.45, 7) is 1.31. The lowest BCUT2D eigenvalue weighted by Gasteiger charge is -2.13. The fourth-order valence-corrected chi connectivity index (χ4v) is 6.54. The van der Waals surface area contributed by atoms with E-state index in [0.29, 0.717) is 6.42 Å². The summed E-state index contributed by atoms with van der Waals surface area (Å²) in [6.07, 6.45) is 14.3. The van der Waals surface area contributed by atoms with Crippen LogP contribution in [-0.2, 0) is 53.1 Å². The van der Waals surface area contributed by atoms with Gasteiger partial charge in [-0.25, -0.2) is 8.42 Å². The molecule has 0 bridgehead atoms. The molecule has 17 nitrogen and oxygen atoms in total. The van der Waals surface area contributed by atoms with Crippen molar-refractivity contribution in [2.75, 3.05) is 38.7 Å². The Bertz CT molecular complexity index is 1260. The number of carboxylic acid groups (broad SMARTS) is 3. The summed E-state index contributed by atoms with van der Waals surface area (Å²) in [5.41, 5.74) is 0. The number of hydrogen-bond acceptors (Lipinski definition) is 11. The maximum Gasteiger partial charge on any atom is 0.325 e. The van der Waals surface area contributed by atoms with Gasteiger partial charge in [0.25, 0.3) is 0 Å². The minimum atomic E-state index is -3.85. The second-order valence-electron chi connectivity index (χ2n) is 13.8. The van der Waals surface area contributed by atoms with Crippen LogP contribution in [0.2, 0.25) is 0 Å². The normalized spacial score (nSPS) is 12.4. The van der Waals surface area contributed by atoms with Gasteiger partial charge in [-0.3, -0.25) is 38.3 Å². The van der Waals surface area contributed by atoms with Crippen LogP contribution in [0.4, 0.5) is 0 Å². The van der Waals surface area contributed by atoms with E-state index in [-0.39, 0.29) is 89.6 Å². The van der Waals surface area contributed by atoms with Crippen LogP contribution in [0.3, 0.4) is 0 Å². The summed E-state index contributed by atoms with van der Waals surface area (Å²) >= 11 is 0. The topological polar surface area (TPSA) is 269 Å². The number of ketones is 1. The first-order valence-corrected chi connectivity index (χ1v) is 21.2. The number of carbonyl (C=O) groups excluding carboxylic acids is 4. The van der Waals surface area contributed by atoms with E-state index in [2.05, 4.69) is 15.4 Å². The standard InChI is InChI=1S/C37H65N3O14S/c1-29(36(47)48)39-33(43)21-20-30(37(49)50)27-31(41)28-54-25-24-53-23-22-38-32(42)18-16-26-55(51,52)40-34(44)17-14-12-10-8-6-4-2-3-5-7-9-11-13-15-19-35(45)46/h29-30H,2-28H2,1H3,(H,38,42)(H,39,43)(H,40,44)(H,45,46)(H,47,48)(H,49,50)/t29?,30-/m1/s1. The van der Waals surface area contributed by atoms with Crippen molar-refractivity contribution in [1.29, 1.82) is 0 Å². The Labute approximate surface area is 325 Å². The Morgan fingerprint density at radius 2 is 1.09 bits per heavy atom. The van der Waals surface area contributed by atoms with Gasteiger partial charge in [-0.2, -0.15) is 0 Å². The second kappa shape index (κ2) is 32.6. The third-order valence-corrected chi connectivity index (χ3v) is 9.99. The lowest BCUT2D eigenvalue weighted by atomic mass is 9.97. The minimum Gasteiger partial charge on any atom is -0.481 e. The molecular formula is C37H65N3O14S. The van der Waals surface area contributed by atoms with Gasteiger partial charge in [-0.1, -0.05) is 77.0 Å². The highest BCUT2D eigenvalue weighted by molar-refractivity contribution is 7.90. The lowest BCUT2D eigenvalue weighted by molar-refractivity contribution is -0.145. The van der Waals surface area contributed by atoms with Gasteiger partial charge >= 0.3 is 17.9 Å². The number of Topliss-reactive ketones (excluding diaryl/α,β-unsaturated/α-hetero) is 1. The van der Waals surface area contributed by atoms with Crippen LogP contribution in [-0.4, -0.2) is 110 Å². The average molecular weight is 808 g/mol. The van der Waals surface area contributed by atoms with Crippen LogP contribution in [0, 0.1) is 5.92 Å². The third kappa shape index (κ3) is 33.4. The Morgan fingerprint density at radius 3 is 1.62 bits per heavy atom. The predicted octanol–water partition coefficient (Wildman–Crippen LogP) is 3.72. The maximum absolute atomic E-state index is 12.2. The van der Waals surface area contributed by atoms with E-state index >= 15 is 0 Å². The number of nitrogens with one attached hydrogen (secondary N) is 3. The van der Waals surface area contributed by atoms with E-state index in [1.165, 1.54) is 39.0 Å². The molecular weight excluding hydrogens is 742 g/mol. The molecule has 1 unspecified atom stereocenters. The van der Waals surface area contributed by atoms with E-state index in [1.54, 1.807) is 0 Å². The molecule has 0 rings (SSSR count). The van der Waals surface area contributed by atoms with Crippen LogP contribution < -0.4 is 15.4 Å². The first kappa shape index (κ1) is 51.4. The molecule has 55 heavy (non-hydrogen) atoms. The van der Waals surface area contributed by atoms with E-state index in [0.717, 1.165) is 51.4 Å². The molecule has 0 aliphatic rings. The smallest absolute Gasteiger partial charge is 0.325 e. The molecule has 0 aliphatic carbocycles. The third-order valence-electron chi connectivity index (χ3n) is 8.63. The van der Waals surface area contributed by atoms with Crippen molar-refractivity contribution in [3.63, 3.8) is 0 Å². The van der Waals surface area contributed by atoms with Crippen molar-refractivity contribution in [2.24, 2.45) is 5.92 Å². The molecule has 0 aromatic heterocycles. The van der Waals surface area contributed by atoms with Crippen LogP contribution in [0.5, 0.6) is 0 Å². The molecule has 0 saturated heterocycles. The van der Waals surface area contributed by atoms with Crippen LogP contribution in [0.1, 0.15) is 142 Å². The molecule has 0 aromatic carbocycles. The first-order chi connectivity index (χ1) is 26.1. The average Bonchev–Trinajstić information content (AvgIpc) is 3.10. The molecule has 2 atom stereocenters. The largest absolute Gasteiger partial charge is 0.481 e. The van der Waals surface area contributed by atoms with Crippen LogP contribution >= 0.6 is 0 Å². The van der Waals surface area contributed by atoms with E-state index in [4.69, 9.17) is 19.7 Å². The molecule has 0 aliphatic heterocycles. The van der Waals surface area contributed by atoms with Gasteiger partial charge < -0.3 is 35.4 Å². The number of aliphatic carboxylic acids is 3. The van der Waals surface area contributed by atoms with Crippen LogP contribution in [0.25, 0.3) is 0 Å². The fraction of sp³-hybridized carbons (Fsp3) is 0.811. The van der Waals surface area contributed by atoms with E-state index in [1.807, 2.05) is 0 Å². The number of carbonyl (C=O) groups is 7. The Kier molecular flexibility index (Phi) is 30.4. The summed E-state index contributed by atoms with van der Waals surface area (Å²) in [7, 11) is -3.85. The molecule has 318 valence electrons. The zero-order valence-electron chi connectivity index (χ0n) is 32.5. The van der Waals surface area contributed by atoms with Gasteiger partial charge in [0.05, 0.1) is 31.5 Å². The monoisotopic (exact) mass is 807 g/mol. The molecule has 6 N–H and O–H groups in total. The number of carboxylic acids is 3. The number of hydrogen-bond donors (Lipinski definition) is 6. The summed E-state index contributed by atoms with van der Waals surface area (Å²) in [6, 6.07) is -1.12. The molecule has 0 heterocycles. The molecule has 0 aromatic rings. The maximum atomic E-state index is 12.2. The highest BCUT2D eigenvalue weighted by atomic mass is 32.2. The zero-order chi connectivity index (χ0) is 41.3. The van der Waals surface area contributed by atoms with Crippen molar-refractivity contribution in [3.05, 3.63) is 0 Å². The van der Waals surface area contributed by atoms with Gasteiger partial charge in [0.2, 0.25) is 27.7 Å². The highest BCUT2D eigenvalue weighted by Crippen LogP contribution is 2.15. The first-order valence-electron chi connectivity index (χ1n) is 19.6. The summed E-state index contributed by atoms with van der Waals surface area (Å²) < 4.78 is 37.0. The quantitative estimate of drug-likeness (QED) is 0.0486. The second-order valence-corrected chi connectivity index (χ2v) is 15.6. The molecule has 0 fully saturated rings. The van der Waals surface area contributed by atoms with Crippen molar-refractivity contribution in [2.45, 2.75) is 148 Å². The number of amides is 3. The summed E-state index contributed by atoms with van der Waals surface area (Å²) in [5, 5.41) is 31.6. The van der Waals surface area contributed by atoms with Gasteiger partial charge in [-0.15, -0.1) is 0 Å². The highest BCUT2D eigenvalue weighted by Gasteiger charge is 2.23. The van der Waals surface area contributed by atoms with Crippen molar-refractivity contribution < 1.29 is 66.8 Å². The number of ether oxygens (including phenoxy) is 2. The van der Waals surface area contributed by atoms with Crippen molar-refractivity contribution >= 4 is 51.4 Å². The van der Waals surface area contributed by atoms with E-state index < -0.39 is 57.5 Å². The molecule has 3 amide bonds. The van der Waals surface area contributed by atoms with Gasteiger partial charge in [0.1, 0.15) is 12.6 Å². The Morgan fingerprint density at radius 1 is 0.582 bits per heavy atom. The summed E-state index contributed by atoms with van der Waals surface area (Å²) in [4.78, 5) is 80.7. The minimum absolute atomic E-state index is 0.0276. The SMILES string of the molecule is CC(NC(=O)CC[C@H](CC(=O)COCCOCCNC(=O)CCCS(=O)(=O)NC(=O)CCCCCCCCCCCCCCCCC(=O)O)C(=O)O)C(=O)O. The number of unbranched alkanes of at least 4 members (excludes halogenated alkanes) is 13. The lowest BCUT2D eigenvalue weighted by Crippen LogP contribution is -2.38. The van der Waals surface area contributed by atoms with Crippen LogP contribution in [0.15, 0.2) is 0 Å². The molecule has 18 heteroatoms. The van der Waals surface area contributed by atoms with E-state index in [9.17, 15) is 47.1 Å². The molecule has 0 saturated carbocycles. The predicted molar refractivity (Wildman–Crippen MR) is 203 cm³/mol. The van der Waals surface area contributed by atoms with Gasteiger partial charge in [0, 0.05) is 38.6 Å². The number of rotatable bonds is 38. The van der Waals surface area contributed by atoms with Gasteiger partial charge in [-0.05, 0) is 32.6 Å². The molecule has 0 spiro atoms. The van der Waals surface area contributed by atoms with Crippen molar-refractivity contribution in [1.82, 2.24) is 15.4 Å².